The molecule has 0 aromatic heterocycles. The fourth-order valence-corrected chi connectivity index (χ4v) is 8.20. The van der Waals surface area contributed by atoms with Crippen molar-refractivity contribution >= 4 is 15.9 Å². The summed E-state index contributed by atoms with van der Waals surface area (Å²) in [6, 6.07) is 32.5. The molecule has 0 N–H and O–H groups in total. The molecule has 156 valence electrons. The van der Waals surface area contributed by atoms with E-state index < -0.39 is 10.3 Å². The average molecular weight is 417 g/mol. The second-order valence-corrected chi connectivity index (χ2v) is 12.4. The topological polar surface area (TPSA) is 9.23 Å². The maximum atomic E-state index is 7.24. The molecule has 3 aromatic rings. The zero-order chi connectivity index (χ0) is 21.0. The molecule has 2 heteroatoms. The third kappa shape index (κ3) is 4.12. The largest absolute Gasteiger partial charge is 0.324 e. The first-order valence-electron chi connectivity index (χ1n) is 10.9. The molecule has 1 atom stereocenters. The Labute approximate surface area is 183 Å². The van der Waals surface area contributed by atoms with Crippen LogP contribution >= 0.6 is 10.3 Å². The zero-order valence-corrected chi connectivity index (χ0v) is 19.1. The van der Waals surface area contributed by atoms with E-state index in [-0.39, 0.29) is 10.9 Å². The smallest absolute Gasteiger partial charge is 0.0747 e. The van der Waals surface area contributed by atoms with Crippen molar-refractivity contribution in [1.29, 1.82) is 0 Å². The van der Waals surface area contributed by atoms with E-state index in [1.54, 1.807) is 0 Å². The van der Waals surface area contributed by atoms with Crippen LogP contribution in [-0.4, -0.2) is 10.9 Å². The molecule has 0 heterocycles. The first kappa shape index (κ1) is 21.0. The van der Waals surface area contributed by atoms with Crippen molar-refractivity contribution in [2.24, 2.45) is 0 Å². The maximum Gasteiger partial charge on any atom is 0.0747 e. The fraction of sp³-hybridized carbons (Fsp3) is 0.286. The highest BCUT2D eigenvalue weighted by atomic mass is 32.3. The minimum absolute atomic E-state index is 0.0286. The van der Waals surface area contributed by atoms with Crippen LogP contribution in [0, 0.1) is 0 Å². The van der Waals surface area contributed by atoms with Gasteiger partial charge in [0, 0.05) is 14.5 Å². The van der Waals surface area contributed by atoms with Gasteiger partial charge in [-0.1, -0.05) is 83.1 Å². The van der Waals surface area contributed by atoms with Gasteiger partial charge >= 0.3 is 0 Å². The Hall–Kier alpha value is -2.29. The van der Waals surface area contributed by atoms with Crippen molar-refractivity contribution in [3.8, 4) is 0 Å². The monoisotopic (exact) mass is 416 g/mol. The Bertz CT molecular complexity index is 932. The number of rotatable bonds is 5. The van der Waals surface area contributed by atoms with Gasteiger partial charge in [-0.3, -0.25) is 0 Å². The molecule has 30 heavy (non-hydrogen) atoms. The van der Waals surface area contributed by atoms with Crippen molar-refractivity contribution in [2.45, 2.75) is 60.7 Å². The first-order valence-corrected chi connectivity index (χ1v) is 12.4. The van der Waals surface area contributed by atoms with Crippen molar-refractivity contribution in [3.63, 3.8) is 0 Å². The predicted molar refractivity (Wildman–Crippen MR) is 130 cm³/mol. The molecule has 3 aromatic carbocycles. The summed E-state index contributed by atoms with van der Waals surface area (Å²) in [5, 5.41) is 0. The summed E-state index contributed by atoms with van der Waals surface area (Å²) in [4.78, 5) is 2.61. The van der Waals surface area contributed by atoms with E-state index in [2.05, 4.69) is 118 Å². The van der Waals surface area contributed by atoms with Gasteiger partial charge in [0.15, 0.2) is 0 Å². The lowest BCUT2D eigenvalue weighted by atomic mass is 9.92. The molecule has 0 saturated heterocycles. The Morgan fingerprint density at radius 3 is 1.67 bits per heavy atom. The first-order chi connectivity index (χ1) is 14.5. The van der Waals surface area contributed by atoms with Gasteiger partial charge in [-0.2, -0.15) is 0 Å². The van der Waals surface area contributed by atoms with Gasteiger partial charge in [0.05, 0.1) is 6.10 Å². The minimum atomic E-state index is -1.68. The van der Waals surface area contributed by atoms with E-state index >= 15 is 0 Å². The zero-order valence-electron chi connectivity index (χ0n) is 18.3. The van der Waals surface area contributed by atoms with Crippen LogP contribution in [0.4, 0.5) is 0 Å². The Morgan fingerprint density at radius 1 is 0.733 bits per heavy atom. The molecule has 0 saturated carbocycles. The van der Waals surface area contributed by atoms with E-state index in [0.29, 0.717) is 0 Å². The van der Waals surface area contributed by atoms with E-state index in [1.165, 1.54) is 20.9 Å². The molecule has 1 unspecified atom stereocenters. The molecule has 4 rings (SSSR count). The summed E-state index contributed by atoms with van der Waals surface area (Å²) in [7, 11) is -1.68. The van der Waals surface area contributed by atoms with Gasteiger partial charge in [0.2, 0.25) is 0 Å². The Morgan fingerprint density at radius 2 is 1.23 bits per heavy atom. The molecular formula is C28H32OS. The molecule has 0 bridgehead atoms. The van der Waals surface area contributed by atoms with Gasteiger partial charge in [-0.15, -0.1) is 0 Å². The summed E-state index contributed by atoms with van der Waals surface area (Å²) in [6.07, 6.45) is 5.72. The van der Waals surface area contributed by atoms with Crippen molar-refractivity contribution in [3.05, 3.63) is 103 Å². The normalized spacial score (nSPS) is 18.0. The van der Waals surface area contributed by atoms with Gasteiger partial charge in [0.1, 0.15) is 0 Å². The predicted octanol–water partition coefficient (Wildman–Crippen LogP) is 8.28. The molecule has 0 aliphatic heterocycles. The maximum absolute atomic E-state index is 7.24. The Kier molecular flexibility index (Phi) is 6.17. The average Bonchev–Trinajstić information content (AvgIpc) is 2.79. The standard InChI is InChI=1S/C28H32OS/c1-28(2,3)30(26-15-9-5-10-16-26,27-17-11-6-12-18-27)29-25-21-19-24(20-22-25)23-13-7-4-8-14-23/h4-19,25H,20-22H2,1-3H3. The van der Waals surface area contributed by atoms with Gasteiger partial charge in [-0.25, -0.2) is 0 Å². The van der Waals surface area contributed by atoms with Gasteiger partial charge < -0.3 is 4.18 Å². The van der Waals surface area contributed by atoms with Crippen LogP contribution in [0.5, 0.6) is 0 Å². The third-order valence-corrected chi connectivity index (χ3v) is 9.96. The molecule has 0 radical (unpaired) electrons. The van der Waals surface area contributed by atoms with Crippen LogP contribution < -0.4 is 0 Å². The summed E-state index contributed by atoms with van der Waals surface area (Å²) >= 11 is 0. The highest BCUT2D eigenvalue weighted by molar-refractivity contribution is 8.31. The molecular weight excluding hydrogens is 384 g/mol. The van der Waals surface area contributed by atoms with Crippen LogP contribution in [-0.2, 0) is 4.18 Å². The van der Waals surface area contributed by atoms with Crippen molar-refractivity contribution < 1.29 is 4.18 Å². The highest BCUT2D eigenvalue weighted by Gasteiger charge is 2.43. The number of allylic oxidation sites excluding steroid dienone is 1. The van der Waals surface area contributed by atoms with Crippen LogP contribution in [0.3, 0.4) is 0 Å². The molecule has 0 amide bonds. The highest BCUT2D eigenvalue weighted by Crippen LogP contribution is 2.72. The van der Waals surface area contributed by atoms with Crippen molar-refractivity contribution in [2.75, 3.05) is 0 Å². The summed E-state index contributed by atoms with van der Waals surface area (Å²) in [5.74, 6) is 0. The van der Waals surface area contributed by atoms with E-state index in [1.807, 2.05) is 0 Å². The van der Waals surface area contributed by atoms with Crippen molar-refractivity contribution in [1.82, 2.24) is 0 Å². The molecule has 1 nitrogen and oxygen atoms in total. The number of hydrogen-bond donors (Lipinski definition) is 0. The van der Waals surface area contributed by atoms with Crippen LogP contribution in [0.2, 0.25) is 0 Å². The van der Waals surface area contributed by atoms with Gasteiger partial charge in [-0.05, 0) is 75.4 Å². The van der Waals surface area contributed by atoms with Gasteiger partial charge in [0.25, 0.3) is 0 Å². The SMILES string of the molecule is CC(C)(C)S(OC1CC=C(c2ccccc2)CC1)(c1ccccc1)c1ccccc1. The van der Waals surface area contributed by atoms with E-state index in [0.717, 1.165) is 19.3 Å². The summed E-state index contributed by atoms with van der Waals surface area (Å²) < 4.78 is 7.21. The fourth-order valence-electron chi connectivity index (χ4n) is 4.34. The quantitative estimate of drug-likeness (QED) is 0.406. The molecule has 1 aliphatic carbocycles. The number of benzene rings is 3. The minimum Gasteiger partial charge on any atom is -0.324 e. The molecule has 0 spiro atoms. The number of hydrogen-bond acceptors (Lipinski definition) is 1. The summed E-state index contributed by atoms with van der Waals surface area (Å²) in [6.45, 7) is 6.99. The lowest BCUT2D eigenvalue weighted by molar-refractivity contribution is 0.212. The summed E-state index contributed by atoms with van der Waals surface area (Å²) in [5.41, 5.74) is 2.79. The molecule has 1 aliphatic rings. The van der Waals surface area contributed by atoms with Crippen LogP contribution in [0.25, 0.3) is 5.57 Å². The molecule has 0 fully saturated rings. The third-order valence-electron chi connectivity index (χ3n) is 5.80. The van der Waals surface area contributed by atoms with E-state index in [4.69, 9.17) is 4.18 Å². The lowest BCUT2D eigenvalue weighted by Crippen LogP contribution is -2.31. The van der Waals surface area contributed by atoms with Crippen LogP contribution in [0.1, 0.15) is 45.6 Å². The second kappa shape index (κ2) is 8.83. The lowest BCUT2D eigenvalue weighted by Gasteiger charge is -2.52. The second-order valence-electron chi connectivity index (χ2n) is 8.88. The Balaban J connectivity index is 1.70. The van der Waals surface area contributed by atoms with Crippen LogP contribution in [0.15, 0.2) is 107 Å². The van der Waals surface area contributed by atoms with E-state index in [9.17, 15) is 0 Å².